The van der Waals surface area contributed by atoms with Gasteiger partial charge in [-0.05, 0) is 70.1 Å². The first-order valence-corrected chi connectivity index (χ1v) is 16.0. The summed E-state index contributed by atoms with van der Waals surface area (Å²) in [5.41, 5.74) is 4.82. The van der Waals surface area contributed by atoms with Gasteiger partial charge in [-0.25, -0.2) is 4.68 Å². The maximum Gasteiger partial charge on any atom is 0.109 e. The highest BCUT2D eigenvalue weighted by Crippen LogP contribution is 2.36. The van der Waals surface area contributed by atoms with Crippen LogP contribution in [0.25, 0.3) is 10.9 Å². The monoisotopic (exact) mass is 612 g/mol. The Morgan fingerprint density at radius 2 is 1.84 bits per heavy atom. The third-order valence-corrected chi connectivity index (χ3v) is 9.30. The zero-order chi connectivity index (χ0) is 30.7. The molecule has 2 saturated heterocycles. The van der Waals surface area contributed by atoms with Gasteiger partial charge < -0.3 is 15.4 Å². The van der Waals surface area contributed by atoms with E-state index in [-0.39, 0.29) is 11.6 Å². The van der Waals surface area contributed by atoms with Crippen molar-refractivity contribution < 1.29 is 4.74 Å². The van der Waals surface area contributed by atoms with Crippen LogP contribution in [0.15, 0.2) is 54.9 Å². The average molecular weight is 613 g/mol. The summed E-state index contributed by atoms with van der Waals surface area (Å²) < 4.78 is 7.58. The van der Waals surface area contributed by atoms with E-state index in [9.17, 15) is 5.26 Å². The Morgan fingerprint density at radius 1 is 1.09 bits per heavy atom. The highest BCUT2D eigenvalue weighted by molar-refractivity contribution is 6.35. The standard InChI is InChI=1S/C34H41ClN8O/c1-34(2,3)42-13-9-27(10-14-42)43-22-30(40-41-43)32(24-7-5-4-6-8-24)39-26-17-28-31(37-20-23-11-15-44-16-12-23)25(19-36)21-38-33(28)29(35)18-26/h4-8,17-18,21-23,27,32,39H,9-16,20H2,1-3H3,(H,37,38). The lowest BCUT2D eigenvalue weighted by atomic mass is 9.98. The Bertz CT molecular complexity index is 1610. The van der Waals surface area contributed by atoms with Gasteiger partial charge in [0.15, 0.2) is 0 Å². The number of hydrogen-bond acceptors (Lipinski definition) is 8. The van der Waals surface area contributed by atoms with E-state index >= 15 is 0 Å². The number of ether oxygens (including phenoxy) is 1. The summed E-state index contributed by atoms with van der Waals surface area (Å²) in [6, 6.07) is 16.6. The molecule has 4 heterocycles. The largest absolute Gasteiger partial charge is 0.383 e. The van der Waals surface area contributed by atoms with E-state index in [2.05, 4.69) is 76.0 Å². The SMILES string of the molecule is CC(C)(C)N1CCC(n2cc(C(Nc3cc(Cl)c4ncc(C#N)c(NCC5CCOCC5)c4c3)c3ccccc3)nn2)CC1. The van der Waals surface area contributed by atoms with Gasteiger partial charge in [0.1, 0.15) is 11.8 Å². The highest BCUT2D eigenvalue weighted by atomic mass is 35.5. The van der Waals surface area contributed by atoms with Crippen LogP contribution in [-0.2, 0) is 4.74 Å². The molecule has 2 fully saturated rings. The predicted octanol–water partition coefficient (Wildman–Crippen LogP) is 6.83. The van der Waals surface area contributed by atoms with Crippen LogP contribution in [0.2, 0.25) is 5.02 Å². The van der Waals surface area contributed by atoms with Gasteiger partial charge >= 0.3 is 0 Å². The first kappa shape index (κ1) is 30.3. The normalized spacial score (nSPS) is 17.8. The molecule has 44 heavy (non-hydrogen) atoms. The van der Waals surface area contributed by atoms with Crippen molar-refractivity contribution in [1.82, 2.24) is 24.9 Å². The van der Waals surface area contributed by atoms with Crippen molar-refractivity contribution >= 4 is 33.9 Å². The van der Waals surface area contributed by atoms with Crippen molar-refractivity contribution in [2.75, 3.05) is 43.5 Å². The maximum absolute atomic E-state index is 9.94. The molecule has 2 N–H and O–H groups in total. The minimum atomic E-state index is -0.251. The van der Waals surface area contributed by atoms with Crippen LogP contribution in [0.1, 0.15) is 75.4 Å². The quantitative estimate of drug-likeness (QED) is 0.223. The van der Waals surface area contributed by atoms with Crippen molar-refractivity contribution in [2.45, 2.75) is 64.1 Å². The number of fused-ring (bicyclic) bond motifs is 1. The molecule has 230 valence electrons. The fraction of sp³-hybridized carbons (Fsp3) is 0.471. The van der Waals surface area contributed by atoms with Crippen LogP contribution in [0.3, 0.4) is 0 Å². The van der Waals surface area contributed by atoms with Gasteiger partial charge in [-0.1, -0.05) is 47.1 Å². The summed E-state index contributed by atoms with van der Waals surface area (Å²) in [5.74, 6) is 0.487. The molecule has 2 aliphatic rings. The Balaban J connectivity index is 1.30. The Morgan fingerprint density at radius 3 is 2.55 bits per heavy atom. The van der Waals surface area contributed by atoms with Crippen LogP contribution in [0.4, 0.5) is 11.4 Å². The van der Waals surface area contributed by atoms with Crippen LogP contribution in [-0.4, -0.2) is 63.3 Å². The molecule has 1 unspecified atom stereocenters. The third-order valence-electron chi connectivity index (χ3n) is 9.01. The zero-order valence-electron chi connectivity index (χ0n) is 25.8. The minimum absolute atomic E-state index is 0.172. The van der Waals surface area contributed by atoms with Crippen LogP contribution in [0, 0.1) is 17.2 Å². The number of halogens is 1. The first-order chi connectivity index (χ1) is 21.3. The number of piperidine rings is 1. The molecule has 2 aromatic heterocycles. The van der Waals surface area contributed by atoms with Crippen LogP contribution >= 0.6 is 11.6 Å². The van der Waals surface area contributed by atoms with E-state index < -0.39 is 0 Å². The van der Waals surface area contributed by atoms with Crippen molar-refractivity contribution in [3.8, 4) is 6.07 Å². The minimum Gasteiger partial charge on any atom is -0.383 e. The van der Waals surface area contributed by atoms with Crippen molar-refractivity contribution in [1.29, 1.82) is 5.26 Å². The van der Waals surface area contributed by atoms with E-state index in [1.54, 1.807) is 6.20 Å². The lowest BCUT2D eigenvalue weighted by Crippen LogP contribution is -2.46. The van der Waals surface area contributed by atoms with Gasteiger partial charge in [0.25, 0.3) is 0 Å². The summed E-state index contributed by atoms with van der Waals surface area (Å²) in [6.07, 6.45) is 7.77. The molecular weight excluding hydrogens is 572 g/mol. The number of benzene rings is 2. The molecule has 0 amide bonds. The number of nitriles is 1. The van der Waals surface area contributed by atoms with E-state index in [1.165, 1.54) is 0 Å². The predicted molar refractivity (Wildman–Crippen MR) is 175 cm³/mol. The molecule has 2 aliphatic heterocycles. The average Bonchev–Trinajstić information content (AvgIpc) is 3.53. The van der Waals surface area contributed by atoms with E-state index in [0.717, 1.165) is 86.5 Å². The molecule has 0 radical (unpaired) electrons. The van der Waals surface area contributed by atoms with Gasteiger partial charge in [0.05, 0.1) is 40.1 Å². The molecule has 2 aromatic carbocycles. The number of nitrogens with one attached hydrogen (secondary N) is 2. The molecule has 10 heteroatoms. The molecule has 1 atom stereocenters. The topological polar surface area (TPSA) is 104 Å². The van der Waals surface area contributed by atoms with Crippen molar-refractivity contribution in [3.63, 3.8) is 0 Å². The molecule has 0 spiro atoms. The highest BCUT2D eigenvalue weighted by Gasteiger charge is 2.29. The molecular formula is C34H41ClN8O. The fourth-order valence-corrected chi connectivity index (χ4v) is 6.63. The van der Waals surface area contributed by atoms with Crippen LogP contribution < -0.4 is 10.6 Å². The summed E-state index contributed by atoms with van der Waals surface area (Å²) >= 11 is 6.84. The molecule has 6 rings (SSSR count). The number of likely N-dealkylation sites (tertiary alicyclic amines) is 1. The lowest BCUT2D eigenvalue weighted by molar-refractivity contribution is 0.0699. The van der Waals surface area contributed by atoms with E-state index in [1.807, 2.05) is 35.0 Å². The number of rotatable bonds is 8. The summed E-state index contributed by atoms with van der Waals surface area (Å²) in [5, 5.41) is 27.8. The number of hydrogen-bond donors (Lipinski definition) is 2. The molecule has 0 aliphatic carbocycles. The summed E-state index contributed by atoms with van der Waals surface area (Å²) in [6.45, 7) is 11.2. The van der Waals surface area contributed by atoms with Crippen molar-refractivity contribution in [3.05, 3.63) is 76.7 Å². The number of anilines is 2. The molecule has 0 saturated carbocycles. The molecule has 9 nitrogen and oxygen atoms in total. The smallest absolute Gasteiger partial charge is 0.109 e. The first-order valence-electron chi connectivity index (χ1n) is 15.6. The molecule has 0 bridgehead atoms. The fourth-order valence-electron chi connectivity index (χ4n) is 6.36. The number of aromatic nitrogens is 4. The molecule has 4 aromatic rings. The summed E-state index contributed by atoms with van der Waals surface area (Å²) in [7, 11) is 0. The maximum atomic E-state index is 9.94. The van der Waals surface area contributed by atoms with Gasteiger partial charge in [0.2, 0.25) is 0 Å². The summed E-state index contributed by atoms with van der Waals surface area (Å²) in [4.78, 5) is 7.09. The Labute approximate surface area is 264 Å². The van der Waals surface area contributed by atoms with Gasteiger partial charge in [-0.3, -0.25) is 9.88 Å². The Kier molecular flexibility index (Phi) is 9.03. The van der Waals surface area contributed by atoms with Gasteiger partial charge in [-0.2, -0.15) is 5.26 Å². The number of nitrogens with zero attached hydrogens (tertiary/aromatic N) is 6. The number of pyridine rings is 1. The van der Waals surface area contributed by atoms with Crippen molar-refractivity contribution in [2.24, 2.45) is 5.92 Å². The lowest BCUT2D eigenvalue weighted by Gasteiger charge is -2.40. The second-order valence-corrected chi connectivity index (χ2v) is 13.4. The zero-order valence-corrected chi connectivity index (χ0v) is 26.5. The van der Waals surface area contributed by atoms with Gasteiger partial charge in [0, 0.05) is 55.7 Å². The Hall–Kier alpha value is -3.71. The van der Waals surface area contributed by atoms with Gasteiger partial charge in [-0.15, -0.1) is 5.10 Å². The van der Waals surface area contributed by atoms with E-state index in [0.29, 0.717) is 28.1 Å². The third kappa shape index (κ3) is 6.68. The van der Waals surface area contributed by atoms with Crippen LogP contribution in [0.5, 0.6) is 0 Å². The second kappa shape index (κ2) is 13.1. The second-order valence-electron chi connectivity index (χ2n) is 13.0. The van der Waals surface area contributed by atoms with E-state index in [4.69, 9.17) is 16.3 Å².